The van der Waals surface area contributed by atoms with E-state index in [1.54, 1.807) is 12.1 Å². The molecule has 0 saturated carbocycles. The molecule has 1 aromatic heterocycles. The molecule has 0 radical (unpaired) electrons. The number of thiophene rings is 1. The minimum absolute atomic E-state index is 0.0310. The Bertz CT molecular complexity index is 562. The largest absolute Gasteiger partial charge is 0.453 e. The first-order valence-corrected chi connectivity index (χ1v) is 8.08. The van der Waals surface area contributed by atoms with Crippen LogP contribution in [0, 0.1) is 0 Å². The van der Waals surface area contributed by atoms with Gasteiger partial charge in [-0.05, 0) is 39.8 Å². The highest BCUT2D eigenvalue weighted by molar-refractivity contribution is 7.18. The number of hydrogen-bond acceptors (Lipinski definition) is 5. The third-order valence-electron chi connectivity index (χ3n) is 2.58. The van der Waals surface area contributed by atoms with Gasteiger partial charge in [-0.3, -0.25) is 14.4 Å². The van der Waals surface area contributed by atoms with Gasteiger partial charge in [-0.1, -0.05) is 11.6 Å². The van der Waals surface area contributed by atoms with Crippen LogP contribution >= 0.6 is 22.9 Å². The Morgan fingerprint density at radius 3 is 2.41 bits per heavy atom. The highest BCUT2D eigenvalue weighted by Crippen LogP contribution is 2.23. The summed E-state index contributed by atoms with van der Waals surface area (Å²) in [6.45, 7) is 7.01. The summed E-state index contributed by atoms with van der Waals surface area (Å²) >= 11 is 6.93. The molecule has 0 aromatic carbocycles. The summed E-state index contributed by atoms with van der Waals surface area (Å²) in [5, 5.41) is 2.72. The van der Waals surface area contributed by atoms with E-state index in [4.69, 9.17) is 16.3 Å². The Labute approximate surface area is 139 Å². The number of ether oxygens (including phenoxy) is 1. The molecule has 0 aliphatic rings. The molecule has 5 nitrogen and oxygen atoms in total. The molecule has 0 fully saturated rings. The van der Waals surface area contributed by atoms with Gasteiger partial charge < -0.3 is 10.1 Å². The van der Waals surface area contributed by atoms with E-state index in [1.807, 2.05) is 20.8 Å². The summed E-state index contributed by atoms with van der Waals surface area (Å²) < 4.78 is 5.55. The molecule has 0 spiro atoms. The van der Waals surface area contributed by atoms with E-state index in [-0.39, 0.29) is 24.5 Å². The van der Waals surface area contributed by atoms with E-state index in [0.717, 1.165) is 0 Å². The van der Waals surface area contributed by atoms with Crippen molar-refractivity contribution in [1.82, 2.24) is 5.32 Å². The highest BCUT2D eigenvalue weighted by Gasteiger charge is 2.22. The van der Waals surface area contributed by atoms with Crippen molar-refractivity contribution in [2.75, 3.05) is 0 Å². The van der Waals surface area contributed by atoms with E-state index >= 15 is 0 Å². The molecule has 1 heterocycles. The van der Waals surface area contributed by atoms with Crippen LogP contribution in [0.5, 0.6) is 0 Å². The van der Waals surface area contributed by atoms with Gasteiger partial charge in [-0.25, -0.2) is 0 Å². The van der Waals surface area contributed by atoms with Crippen LogP contribution < -0.4 is 5.32 Å². The van der Waals surface area contributed by atoms with Crippen LogP contribution in [0.15, 0.2) is 12.1 Å². The number of halogens is 1. The van der Waals surface area contributed by atoms with Gasteiger partial charge in [0, 0.05) is 12.0 Å². The summed E-state index contributed by atoms with van der Waals surface area (Å²) in [5.74, 6) is -1.11. The van der Waals surface area contributed by atoms with Crippen molar-refractivity contribution in [3.63, 3.8) is 0 Å². The van der Waals surface area contributed by atoms with Crippen LogP contribution in [-0.4, -0.2) is 29.3 Å². The molecule has 1 aromatic rings. The predicted octanol–water partition coefficient (Wildman–Crippen LogP) is 3.21. The Morgan fingerprint density at radius 2 is 1.91 bits per heavy atom. The van der Waals surface area contributed by atoms with E-state index in [2.05, 4.69) is 5.32 Å². The zero-order valence-electron chi connectivity index (χ0n) is 13.1. The molecule has 0 saturated heterocycles. The van der Waals surface area contributed by atoms with Crippen molar-refractivity contribution in [2.45, 2.75) is 52.2 Å². The molecule has 0 aliphatic carbocycles. The van der Waals surface area contributed by atoms with Gasteiger partial charge in [0.15, 0.2) is 11.9 Å². The summed E-state index contributed by atoms with van der Waals surface area (Å²) in [6, 6.07) is 3.26. The average Bonchev–Trinajstić information content (AvgIpc) is 2.80. The monoisotopic (exact) mass is 345 g/mol. The Morgan fingerprint density at radius 1 is 1.27 bits per heavy atom. The number of amides is 1. The lowest BCUT2D eigenvalue weighted by Gasteiger charge is -2.23. The van der Waals surface area contributed by atoms with E-state index in [9.17, 15) is 14.4 Å². The van der Waals surface area contributed by atoms with Gasteiger partial charge in [-0.2, -0.15) is 0 Å². The molecule has 1 N–H and O–H groups in total. The van der Waals surface area contributed by atoms with Crippen molar-refractivity contribution in [3.05, 3.63) is 21.3 Å². The number of esters is 1. The minimum Gasteiger partial charge on any atom is -0.453 e. The number of carbonyl (C=O) groups excluding carboxylic acids is 3. The van der Waals surface area contributed by atoms with Crippen LogP contribution in [0.25, 0.3) is 0 Å². The number of ketones is 1. The molecular formula is C15H20ClNO4S. The summed E-state index contributed by atoms with van der Waals surface area (Å²) in [5.41, 5.74) is -0.397. The van der Waals surface area contributed by atoms with Gasteiger partial charge in [-0.15, -0.1) is 11.3 Å². The van der Waals surface area contributed by atoms with Crippen LogP contribution in [0.4, 0.5) is 0 Å². The second kappa shape index (κ2) is 7.74. The average molecular weight is 346 g/mol. The van der Waals surface area contributed by atoms with E-state index in [1.165, 1.54) is 18.3 Å². The first-order chi connectivity index (χ1) is 10.1. The Kier molecular flexibility index (Phi) is 6.56. The standard InChI is InChI=1S/C15H20ClNO4S/c1-9(14(20)17-15(2,3)4)21-13(19)8-5-10(18)11-6-7-12(16)22-11/h6-7,9H,5,8H2,1-4H3,(H,17,20)/t9-/m1/s1. The number of nitrogens with one attached hydrogen (secondary N) is 1. The molecule has 22 heavy (non-hydrogen) atoms. The molecule has 0 unspecified atom stereocenters. The molecule has 122 valence electrons. The van der Waals surface area contributed by atoms with E-state index in [0.29, 0.717) is 9.21 Å². The zero-order valence-corrected chi connectivity index (χ0v) is 14.6. The fourth-order valence-electron chi connectivity index (χ4n) is 1.58. The van der Waals surface area contributed by atoms with Crippen LogP contribution in [-0.2, 0) is 14.3 Å². The van der Waals surface area contributed by atoms with Gasteiger partial charge in [0.1, 0.15) is 0 Å². The second-order valence-electron chi connectivity index (χ2n) is 5.90. The fourth-order valence-corrected chi connectivity index (χ4v) is 2.59. The molecule has 1 atom stereocenters. The van der Waals surface area contributed by atoms with Gasteiger partial charge >= 0.3 is 5.97 Å². The quantitative estimate of drug-likeness (QED) is 0.634. The maximum atomic E-state index is 11.8. The third-order valence-corrected chi connectivity index (χ3v) is 3.85. The third kappa shape index (κ3) is 6.58. The number of rotatable bonds is 6. The summed E-state index contributed by atoms with van der Waals surface area (Å²) in [6.07, 6.45) is -0.928. The van der Waals surface area contributed by atoms with Crippen LogP contribution in [0.2, 0.25) is 4.34 Å². The first kappa shape index (κ1) is 18.6. The topological polar surface area (TPSA) is 72.5 Å². The van der Waals surface area contributed by atoms with Gasteiger partial charge in [0.2, 0.25) is 0 Å². The van der Waals surface area contributed by atoms with Gasteiger partial charge in [0.05, 0.1) is 15.6 Å². The molecular weight excluding hydrogens is 326 g/mol. The molecule has 0 bridgehead atoms. The van der Waals surface area contributed by atoms with Crippen LogP contribution in [0.1, 0.15) is 50.2 Å². The number of hydrogen-bond donors (Lipinski definition) is 1. The zero-order chi connectivity index (χ0) is 16.9. The van der Waals surface area contributed by atoms with Crippen molar-refractivity contribution in [3.8, 4) is 0 Å². The van der Waals surface area contributed by atoms with E-state index < -0.39 is 17.6 Å². The van der Waals surface area contributed by atoms with Crippen molar-refractivity contribution >= 4 is 40.6 Å². The minimum atomic E-state index is -0.891. The molecule has 1 rings (SSSR count). The Hall–Kier alpha value is -1.40. The molecule has 0 aliphatic heterocycles. The maximum absolute atomic E-state index is 11.8. The smallest absolute Gasteiger partial charge is 0.307 e. The number of Topliss-reactive ketones (excluding diaryl/α,β-unsaturated/α-hetero) is 1. The first-order valence-electron chi connectivity index (χ1n) is 6.88. The van der Waals surface area contributed by atoms with Crippen molar-refractivity contribution < 1.29 is 19.1 Å². The lowest BCUT2D eigenvalue weighted by atomic mass is 10.1. The van der Waals surface area contributed by atoms with Crippen molar-refractivity contribution in [2.24, 2.45) is 0 Å². The predicted molar refractivity (Wildman–Crippen MR) is 86.3 cm³/mol. The normalized spacial score (nSPS) is 12.6. The summed E-state index contributed by atoms with van der Waals surface area (Å²) in [7, 11) is 0. The maximum Gasteiger partial charge on any atom is 0.307 e. The molecule has 7 heteroatoms. The highest BCUT2D eigenvalue weighted by atomic mass is 35.5. The molecule has 1 amide bonds. The SMILES string of the molecule is C[C@@H](OC(=O)CCC(=O)c1ccc(Cl)s1)C(=O)NC(C)(C)C. The van der Waals surface area contributed by atoms with Gasteiger partial charge in [0.25, 0.3) is 5.91 Å². The van der Waals surface area contributed by atoms with Crippen molar-refractivity contribution in [1.29, 1.82) is 0 Å². The lowest BCUT2D eigenvalue weighted by molar-refractivity contribution is -0.155. The fraction of sp³-hybridized carbons (Fsp3) is 0.533. The second-order valence-corrected chi connectivity index (χ2v) is 7.61. The lowest BCUT2D eigenvalue weighted by Crippen LogP contribution is -2.46. The van der Waals surface area contributed by atoms with Crippen LogP contribution in [0.3, 0.4) is 0 Å². The Balaban J connectivity index is 2.40. The number of carbonyl (C=O) groups is 3. The summed E-state index contributed by atoms with van der Waals surface area (Å²) in [4.78, 5) is 35.8.